The molecule has 1 aromatic carbocycles. The standard InChI is InChI=1S/C15H17F2N3/c1-20(10-11-2-4-19-5-3-11)15(9-18)12-6-13(16)8-14(17)7-12/h2-8,15H,9-10,18H2,1H3. The molecule has 0 radical (unpaired) electrons. The van der Waals surface area contributed by atoms with Gasteiger partial charge in [0, 0.05) is 37.6 Å². The van der Waals surface area contributed by atoms with Crippen molar-refractivity contribution in [3.05, 3.63) is 65.5 Å². The van der Waals surface area contributed by atoms with Crippen molar-refractivity contribution < 1.29 is 8.78 Å². The van der Waals surface area contributed by atoms with Crippen LogP contribution in [0.3, 0.4) is 0 Å². The average Bonchev–Trinajstić information content (AvgIpc) is 2.39. The lowest BCUT2D eigenvalue weighted by Gasteiger charge is -2.27. The Hall–Kier alpha value is -1.85. The molecule has 0 saturated carbocycles. The monoisotopic (exact) mass is 277 g/mol. The molecule has 1 heterocycles. The highest BCUT2D eigenvalue weighted by atomic mass is 19.1. The Morgan fingerprint density at radius 2 is 1.75 bits per heavy atom. The molecule has 0 aliphatic heterocycles. The maximum atomic E-state index is 13.3. The Morgan fingerprint density at radius 1 is 1.15 bits per heavy atom. The van der Waals surface area contributed by atoms with Crippen LogP contribution in [-0.4, -0.2) is 23.5 Å². The molecule has 5 heteroatoms. The maximum Gasteiger partial charge on any atom is 0.126 e. The molecule has 3 nitrogen and oxygen atoms in total. The van der Waals surface area contributed by atoms with Crippen LogP contribution in [0.25, 0.3) is 0 Å². The zero-order chi connectivity index (χ0) is 14.5. The summed E-state index contributed by atoms with van der Waals surface area (Å²) in [5.41, 5.74) is 7.37. The van der Waals surface area contributed by atoms with E-state index in [0.717, 1.165) is 11.6 Å². The van der Waals surface area contributed by atoms with Crippen LogP contribution in [0.15, 0.2) is 42.7 Å². The van der Waals surface area contributed by atoms with Crippen molar-refractivity contribution in [2.45, 2.75) is 12.6 Å². The number of benzene rings is 1. The predicted octanol–water partition coefficient (Wildman–Crippen LogP) is 2.49. The first kappa shape index (κ1) is 14.6. The van der Waals surface area contributed by atoms with Crippen molar-refractivity contribution in [3.63, 3.8) is 0 Å². The van der Waals surface area contributed by atoms with E-state index in [2.05, 4.69) is 4.98 Å². The third-order valence-corrected chi connectivity index (χ3v) is 3.21. The molecule has 1 aromatic heterocycles. The van der Waals surface area contributed by atoms with Gasteiger partial charge in [0.15, 0.2) is 0 Å². The predicted molar refractivity (Wildman–Crippen MR) is 73.9 cm³/mol. The summed E-state index contributed by atoms with van der Waals surface area (Å²) in [6, 6.07) is 7.06. The quantitative estimate of drug-likeness (QED) is 0.913. The Bertz CT molecular complexity index is 540. The van der Waals surface area contributed by atoms with Crippen molar-refractivity contribution in [2.75, 3.05) is 13.6 Å². The fourth-order valence-corrected chi connectivity index (χ4v) is 2.22. The van der Waals surface area contributed by atoms with Crippen LogP contribution >= 0.6 is 0 Å². The molecule has 106 valence electrons. The van der Waals surface area contributed by atoms with Crippen molar-refractivity contribution in [2.24, 2.45) is 5.73 Å². The first-order chi connectivity index (χ1) is 9.60. The van der Waals surface area contributed by atoms with Crippen molar-refractivity contribution in [1.82, 2.24) is 9.88 Å². The minimum atomic E-state index is -0.587. The number of hydrogen-bond donors (Lipinski definition) is 1. The second-order valence-electron chi connectivity index (χ2n) is 4.72. The van der Waals surface area contributed by atoms with Gasteiger partial charge in [0.25, 0.3) is 0 Å². The maximum absolute atomic E-state index is 13.3. The van der Waals surface area contributed by atoms with Gasteiger partial charge in [-0.15, -0.1) is 0 Å². The van der Waals surface area contributed by atoms with Gasteiger partial charge in [-0.3, -0.25) is 9.88 Å². The summed E-state index contributed by atoms with van der Waals surface area (Å²) in [5.74, 6) is -1.17. The van der Waals surface area contributed by atoms with E-state index >= 15 is 0 Å². The molecule has 0 aliphatic rings. The molecule has 20 heavy (non-hydrogen) atoms. The molecule has 0 fully saturated rings. The SMILES string of the molecule is CN(Cc1ccncc1)C(CN)c1cc(F)cc(F)c1. The zero-order valence-electron chi connectivity index (χ0n) is 11.3. The lowest BCUT2D eigenvalue weighted by atomic mass is 10.0. The molecule has 2 N–H and O–H groups in total. The number of aromatic nitrogens is 1. The second-order valence-corrected chi connectivity index (χ2v) is 4.72. The molecule has 0 bridgehead atoms. The highest BCUT2D eigenvalue weighted by Crippen LogP contribution is 2.22. The molecule has 0 saturated heterocycles. The number of nitrogens with zero attached hydrogens (tertiary/aromatic N) is 2. The Balaban J connectivity index is 2.18. The lowest BCUT2D eigenvalue weighted by Crippen LogP contribution is -2.30. The molecule has 1 unspecified atom stereocenters. The van der Waals surface area contributed by atoms with Gasteiger partial charge < -0.3 is 5.73 Å². The summed E-state index contributed by atoms with van der Waals surface area (Å²) < 4.78 is 26.6. The Morgan fingerprint density at radius 3 is 2.30 bits per heavy atom. The van der Waals surface area contributed by atoms with Gasteiger partial charge in [-0.1, -0.05) is 0 Å². The summed E-state index contributed by atoms with van der Waals surface area (Å²) in [7, 11) is 1.88. The molecule has 1 atom stereocenters. The third-order valence-electron chi connectivity index (χ3n) is 3.21. The largest absolute Gasteiger partial charge is 0.329 e. The first-order valence-electron chi connectivity index (χ1n) is 6.35. The first-order valence-corrected chi connectivity index (χ1v) is 6.35. The molecular weight excluding hydrogens is 260 g/mol. The van der Waals surface area contributed by atoms with Crippen LogP contribution in [0.5, 0.6) is 0 Å². The van der Waals surface area contributed by atoms with Crippen LogP contribution in [0.2, 0.25) is 0 Å². The second kappa shape index (κ2) is 6.54. The summed E-state index contributed by atoms with van der Waals surface area (Å²) >= 11 is 0. The lowest BCUT2D eigenvalue weighted by molar-refractivity contribution is 0.241. The molecular formula is C15H17F2N3. The van der Waals surface area contributed by atoms with E-state index in [-0.39, 0.29) is 12.6 Å². The van der Waals surface area contributed by atoms with Crippen LogP contribution in [0.1, 0.15) is 17.2 Å². The van der Waals surface area contributed by atoms with E-state index in [4.69, 9.17) is 5.73 Å². The van der Waals surface area contributed by atoms with Gasteiger partial charge >= 0.3 is 0 Å². The third kappa shape index (κ3) is 3.59. The van der Waals surface area contributed by atoms with E-state index in [9.17, 15) is 8.78 Å². The molecule has 2 aromatic rings. The van der Waals surface area contributed by atoms with E-state index < -0.39 is 11.6 Å². The number of nitrogens with two attached hydrogens (primary N) is 1. The number of rotatable bonds is 5. The highest BCUT2D eigenvalue weighted by Gasteiger charge is 2.17. The van der Waals surface area contributed by atoms with Gasteiger partial charge in [-0.05, 0) is 42.4 Å². The topological polar surface area (TPSA) is 42.2 Å². The number of halogens is 2. The summed E-state index contributed by atoms with van der Waals surface area (Å²) in [5, 5.41) is 0. The van der Waals surface area contributed by atoms with E-state index in [1.54, 1.807) is 12.4 Å². The van der Waals surface area contributed by atoms with Crippen molar-refractivity contribution >= 4 is 0 Å². The highest BCUT2D eigenvalue weighted by molar-refractivity contribution is 5.22. The number of hydrogen-bond acceptors (Lipinski definition) is 3. The Labute approximate surface area is 117 Å². The number of likely N-dealkylation sites (N-methyl/N-ethyl adjacent to an activating group) is 1. The average molecular weight is 277 g/mol. The van der Waals surface area contributed by atoms with Gasteiger partial charge in [0.2, 0.25) is 0 Å². The van der Waals surface area contributed by atoms with Crippen LogP contribution in [0.4, 0.5) is 8.78 Å². The van der Waals surface area contributed by atoms with Crippen molar-refractivity contribution in [3.8, 4) is 0 Å². The van der Waals surface area contributed by atoms with Gasteiger partial charge in [-0.25, -0.2) is 8.78 Å². The normalized spacial score (nSPS) is 12.7. The van der Waals surface area contributed by atoms with Gasteiger partial charge in [0.05, 0.1) is 0 Å². The van der Waals surface area contributed by atoms with E-state index in [0.29, 0.717) is 12.1 Å². The van der Waals surface area contributed by atoms with Gasteiger partial charge in [-0.2, -0.15) is 0 Å². The van der Waals surface area contributed by atoms with Crippen LogP contribution in [-0.2, 0) is 6.54 Å². The summed E-state index contributed by atoms with van der Waals surface area (Å²) in [6.45, 7) is 0.910. The van der Waals surface area contributed by atoms with Crippen LogP contribution < -0.4 is 5.73 Å². The van der Waals surface area contributed by atoms with Crippen molar-refractivity contribution in [1.29, 1.82) is 0 Å². The minimum absolute atomic E-state index is 0.242. The van der Waals surface area contributed by atoms with Crippen LogP contribution in [0, 0.1) is 11.6 Å². The molecule has 0 aliphatic carbocycles. The fraction of sp³-hybridized carbons (Fsp3) is 0.267. The van der Waals surface area contributed by atoms with E-state index in [1.165, 1.54) is 12.1 Å². The fourth-order valence-electron chi connectivity index (χ4n) is 2.22. The minimum Gasteiger partial charge on any atom is -0.329 e. The zero-order valence-corrected chi connectivity index (χ0v) is 11.3. The van der Waals surface area contributed by atoms with E-state index in [1.807, 2.05) is 24.1 Å². The summed E-state index contributed by atoms with van der Waals surface area (Å²) in [6.07, 6.45) is 3.42. The van der Waals surface area contributed by atoms with Gasteiger partial charge in [0.1, 0.15) is 11.6 Å². The molecule has 2 rings (SSSR count). The smallest absolute Gasteiger partial charge is 0.126 e. The molecule has 0 amide bonds. The summed E-state index contributed by atoms with van der Waals surface area (Å²) in [4.78, 5) is 5.92. The Kier molecular flexibility index (Phi) is 4.76. The number of pyridine rings is 1. The molecule has 0 spiro atoms.